The lowest BCUT2D eigenvalue weighted by atomic mass is 10.1. The largest absolute Gasteiger partial charge is 0.493 e. The van der Waals surface area contributed by atoms with Crippen LogP contribution < -0.4 is 20.1 Å². The van der Waals surface area contributed by atoms with Crippen LogP contribution in [0.15, 0.2) is 23.2 Å². The molecule has 0 spiro atoms. The van der Waals surface area contributed by atoms with Gasteiger partial charge in [-0.15, -0.1) is 0 Å². The van der Waals surface area contributed by atoms with Crippen LogP contribution in [0.4, 0.5) is 5.69 Å². The van der Waals surface area contributed by atoms with Gasteiger partial charge in [-0.05, 0) is 39.8 Å². The third kappa shape index (κ3) is 6.36. The van der Waals surface area contributed by atoms with Crippen LogP contribution in [0, 0.1) is 0 Å². The fraction of sp³-hybridized carbons (Fsp3) is 0.588. The number of aliphatic imine (C=N–C) groups is 1. The van der Waals surface area contributed by atoms with Crippen molar-refractivity contribution >= 4 is 11.6 Å². The normalized spacial score (nSPS) is 12.0. The number of rotatable bonds is 8. The zero-order valence-electron chi connectivity index (χ0n) is 15.0. The van der Waals surface area contributed by atoms with Crippen molar-refractivity contribution in [2.45, 2.75) is 33.3 Å². The van der Waals surface area contributed by atoms with E-state index in [-0.39, 0.29) is 5.60 Å². The van der Waals surface area contributed by atoms with Crippen molar-refractivity contribution in [3.8, 4) is 11.5 Å². The van der Waals surface area contributed by atoms with E-state index in [0.717, 1.165) is 18.0 Å². The minimum absolute atomic E-state index is 0.307. The molecule has 1 aromatic rings. The molecule has 0 fully saturated rings. The average Bonchev–Trinajstić information content (AvgIpc) is 2.54. The Morgan fingerprint density at radius 2 is 1.91 bits per heavy atom. The van der Waals surface area contributed by atoms with Gasteiger partial charge in [-0.25, -0.2) is 0 Å². The summed E-state index contributed by atoms with van der Waals surface area (Å²) in [6.45, 7) is 9.89. The van der Waals surface area contributed by atoms with E-state index in [1.165, 1.54) is 0 Å². The van der Waals surface area contributed by atoms with E-state index in [4.69, 9.17) is 14.2 Å². The lowest BCUT2D eigenvalue weighted by Crippen LogP contribution is -2.34. The van der Waals surface area contributed by atoms with E-state index in [0.29, 0.717) is 24.9 Å². The number of guanidine groups is 1. The number of nitrogens with one attached hydrogen (secondary N) is 2. The predicted molar refractivity (Wildman–Crippen MR) is 94.9 cm³/mol. The molecule has 6 heteroatoms. The molecular formula is C17H29N3O3. The zero-order valence-corrected chi connectivity index (χ0v) is 15.0. The molecule has 0 aliphatic carbocycles. The number of ether oxygens (including phenoxy) is 3. The first-order chi connectivity index (χ1) is 11.0. The van der Waals surface area contributed by atoms with E-state index >= 15 is 0 Å². The molecule has 6 nitrogen and oxygen atoms in total. The van der Waals surface area contributed by atoms with Crippen molar-refractivity contribution in [1.82, 2.24) is 5.32 Å². The van der Waals surface area contributed by atoms with Crippen LogP contribution in [-0.4, -0.2) is 45.5 Å². The number of hydrogen-bond donors (Lipinski definition) is 2. The second-order valence-electron chi connectivity index (χ2n) is 5.58. The van der Waals surface area contributed by atoms with E-state index in [2.05, 4.69) is 15.6 Å². The fourth-order valence-corrected chi connectivity index (χ4v) is 1.80. The molecule has 0 saturated carbocycles. The average molecular weight is 323 g/mol. The number of benzene rings is 1. The minimum atomic E-state index is -0.307. The predicted octanol–water partition coefficient (Wildman–Crippen LogP) is 2.90. The van der Waals surface area contributed by atoms with Crippen molar-refractivity contribution in [1.29, 1.82) is 0 Å². The topological polar surface area (TPSA) is 64.1 Å². The van der Waals surface area contributed by atoms with Gasteiger partial charge in [0, 0.05) is 25.4 Å². The Morgan fingerprint density at radius 3 is 2.48 bits per heavy atom. The second kappa shape index (κ2) is 9.25. The van der Waals surface area contributed by atoms with Gasteiger partial charge in [0.05, 0.1) is 25.9 Å². The Balaban J connectivity index is 2.89. The Kier molecular flexibility index (Phi) is 7.68. The molecule has 0 aliphatic rings. The minimum Gasteiger partial charge on any atom is -0.493 e. The zero-order chi connectivity index (χ0) is 17.3. The van der Waals surface area contributed by atoms with Crippen LogP contribution >= 0.6 is 0 Å². The van der Waals surface area contributed by atoms with Crippen LogP contribution in [0.1, 0.15) is 27.7 Å². The maximum Gasteiger partial charge on any atom is 0.195 e. The highest BCUT2D eigenvalue weighted by atomic mass is 16.5. The maximum atomic E-state index is 5.53. The lowest BCUT2D eigenvalue weighted by molar-refractivity contribution is 0.0311. The molecule has 1 rings (SSSR count). The highest BCUT2D eigenvalue weighted by Crippen LogP contribution is 2.30. The third-order valence-electron chi connectivity index (χ3n) is 3.24. The van der Waals surface area contributed by atoms with Crippen molar-refractivity contribution < 1.29 is 14.2 Å². The molecule has 0 aliphatic heterocycles. The van der Waals surface area contributed by atoms with Crippen LogP contribution in [0.5, 0.6) is 11.5 Å². The summed E-state index contributed by atoms with van der Waals surface area (Å²) < 4.78 is 16.3. The standard InChI is InChI=1S/C17H29N3O3/c1-7-18-16(19-12-17(3,4)22-6)20-13-9-10-14(23-8-2)15(11-13)21-5/h9-11H,7-8,12H2,1-6H3,(H2,18,19,20). The summed E-state index contributed by atoms with van der Waals surface area (Å²) in [5.41, 5.74) is 0.569. The van der Waals surface area contributed by atoms with Crippen molar-refractivity contribution in [2.75, 3.05) is 39.2 Å². The molecule has 2 N–H and O–H groups in total. The number of anilines is 1. The molecule has 0 atom stereocenters. The summed E-state index contributed by atoms with van der Waals surface area (Å²) >= 11 is 0. The molecule has 1 aromatic carbocycles. The number of nitrogens with zero attached hydrogens (tertiary/aromatic N) is 1. The highest BCUT2D eigenvalue weighted by molar-refractivity contribution is 5.93. The van der Waals surface area contributed by atoms with E-state index in [1.54, 1.807) is 14.2 Å². The first kappa shape index (κ1) is 19.1. The summed E-state index contributed by atoms with van der Waals surface area (Å²) in [4.78, 5) is 4.56. The molecule has 23 heavy (non-hydrogen) atoms. The number of hydrogen-bond acceptors (Lipinski definition) is 4. The van der Waals surface area contributed by atoms with Crippen LogP contribution in [0.2, 0.25) is 0 Å². The molecule has 0 radical (unpaired) electrons. The first-order valence-electron chi connectivity index (χ1n) is 7.87. The van der Waals surface area contributed by atoms with Gasteiger partial charge in [-0.2, -0.15) is 0 Å². The van der Waals surface area contributed by atoms with Gasteiger partial charge in [0.15, 0.2) is 17.5 Å². The smallest absolute Gasteiger partial charge is 0.195 e. The Bertz CT molecular complexity index is 516. The number of methoxy groups -OCH3 is 2. The summed E-state index contributed by atoms with van der Waals surface area (Å²) in [5.74, 6) is 2.11. The van der Waals surface area contributed by atoms with Gasteiger partial charge in [-0.1, -0.05) is 0 Å². The quantitative estimate of drug-likeness (QED) is 0.569. The first-order valence-corrected chi connectivity index (χ1v) is 7.87. The van der Waals surface area contributed by atoms with Crippen molar-refractivity contribution in [2.24, 2.45) is 4.99 Å². The molecule has 0 bridgehead atoms. The summed E-state index contributed by atoms with van der Waals surface area (Å²) in [7, 11) is 3.31. The Hall–Kier alpha value is -1.95. The molecule has 0 saturated heterocycles. The summed E-state index contributed by atoms with van der Waals surface area (Å²) in [6, 6.07) is 5.70. The summed E-state index contributed by atoms with van der Waals surface area (Å²) in [5, 5.41) is 6.48. The monoisotopic (exact) mass is 323 g/mol. The van der Waals surface area contributed by atoms with Gasteiger partial charge in [-0.3, -0.25) is 4.99 Å². The van der Waals surface area contributed by atoms with Gasteiger partial charge < -0.3 is 24.8 Å². The fourth-order valence-electron chi connectivity index (χ4n) is 1.80. The van der Waals surface area contributed by atoms with Crippen molar-refractivity contribution in [3.63, 3.8) is 0 Å². The van der Waals surface area contributed by atoms with Crippen molar-refractivity contribution in [3.05, 3.63) is 18.2 Å². The van der Waals surface area contributed by atoms with Crippen LogP contribution in [0.3, 0.4) is 0 Å². The summed E-state index contributed by atoms with van der Waals surface area (Å²) in [6.07, 6.45) is 0. The second-order valence-corrected chi connectivity index (χ2v) is 5.58. The van der Waals surface area contributed by atoms with Gasteiger partial charge in [0.25, 0.3) is 0 Å². The van der Waals surface area contributed by atoms with Gasteiger partial charge in [0.2, 0.25) is 0 Å². The highest BCUT2D eigenvalue weighted by Gasteiger charge is 2.16. The SMILES string of the molecule is CCNC(=NCC(C)(C)OC)Nc1ccc(OCC)c(OC)c1. The Labute approximate surface area is 139 Å². The van der Waals surface area contributed by atoms with Crippen LogP contribution in [0.25, 0.3) is 0 Å². The van der Waals surface area contributed by atoms with Crippen LogP contribution in [-0.2, 0) is 4.74 Å². The van der Waals surface area contributed by atoms with E-state index in [9.17, 15) is 0 Å². The third-order valence-corrected chi connectivity index (χ3v) is 3.24. The molecule has 130 valence electrons. The van der Waals surface area contributed by atoms with E-state index in [1.807, 2.05) is 45.9 Å². The lowest BCUT2D eigenvalue weighted by Gasteiger charge is -2.21. The molecular weight excluding hydrogens is 294 g/mol. The molecule has 0 aromatic heterocycles. The molecule has 0 unspecified atom stereocenters. The molecule has 0 heterocycles. The Morgan fingerprint density at radius 1 is 1.17 bits per heavy atom. The molecule has 0 amide bonds. The van der Waals surface area contributed by atoms with Gasteiger partial charge >= 0.3 is 0 Å². The van der Waals surface area contributed by atoms with Gasteiger partial charge in [0.1, 0.15) is 0 Å². The van der Waals surface area contributed by atoms with E-state index < -0.39 is 0 Å². The maximum absolute atomic E-state index is 5.53.